The number of nitrogens with one attached hydrogen (secondary N) is 1. The highest BCUT2D eigenvalue weighted by Gasteiger charge is 2.38. The van der Waals surface area contributed by atoms with Gasteiger partial charge in [0.2, 0.25) is 0 Å². The van der Waals surface area contributed by atoms with Crippen LogP contribution in [0.5, 0.6) is 0 Å². The summed E-state index contributed by atoms with van der Waals surface area (Å²) in [4.78, 5) is 2.80. The largest absolute Gasteiger partial charge is 0.381 e. The Morgan fingerprint density at radius 3 is 2.60 bits per heavy atom. The molecule has 118 valence electrons. The summed E-state index contributed by atoms with van der Waals surface area (Å²) in [6, 6.07) is 0.836. The van der Waals surface area contributed by atoms with E-state index in [2.05, 4.69) is 31.1 Å². The summed E-state index contributed by atoms with van der Waals surface area (Å²) in [5.74, 6) is 0.805. The Morgan fingerprint density at radius 1 is 1.30 bits per heavy atom. The molecular weight excluding hydrogens is 248 g/mol. The first-order chi connectivity index (χ1) is 9.65. The molecule has 0 amide bonds. The predicted molar refractivity (Wildman–Crippen MR) is 85.1 cm³/mol. The van der Waals surface area contributed by atoms with E-state index in [1.54, 1.807) is 0 Å². The van der Waals surface area contributed by atoms with Gasteiger partial charge < -0.3 is 10.1 Å². The third kappa shape index (κ3) is 4.44. The molecule has 0 spiro atoms. The van der Waals surface area contributed by atoms with Gasteiger partial charge in [-0.2, -0.15) is 0 Å². The van der Waals surface area contributed by atoms with Gasteiger partial charge in [-0.25, -0.2) is 0 Å². The van der Waals surface area contributed by atoms with Crippen LogP contribution in [-0.4, -0.2) is 50.8 Å². The van der Waals surface area contributed by atoms with Crippen molar-refractivity contribution in [3.05, 3.63) is 0 Å². The molecule has 1 saturated heterocycles. The molecule has 3 nitrogen and oxygen atoms in total. The fourth-order valence-corrected chi connectivity index (χ4v) is 3.86. The summed E-state index contributed by atoms with van der Waals surface area (Å²) in [5.41, 5.74) is 0.355. The molecule has 2 aliphatic rings. The Balaban J connectivity index is 1.97. The molecule has 1 unspecified atom stereocenters. The van der Waals surface area contributed by atoms with Crippen molar-refractivity contribution in [3.8, 4) is 0 Å². The molecule has 3 heteroatoms. The van der Waals surface area contributed by atoms with E-state index in [0.717, 1.165) is 31.7 Å². The van der Waals surface area contributed by atoms with Crippen molar-refractivity contribution in [2.45, 2.75) is 58.4 Å². The van der Waals surface area contributed by atoms with Crippen LogP contribution in [0.15, 0.2) is 0 Å². The van der Waals surface area contributed by atoms with E-state index in [1.165, 1.54) is 51.6 Å². The molecule has 1 saturated carbocycles. The van der Waals surface area contributed by atoms with E-state index in [-0.39, 0.29) is 0 Å². The highest BCUT2D eigenvalue weighted by molar-refractivity contribution is 4.91. The van der Waals surface area contributed by atoms with Crippen molar-refractivity contribution < 1.29 is 4.74 Å². The molecule has 20 heavy (non-hydrogen) atoms. The second kappa shape index (κ2) is 7.77. The standard InChI is InChI=1S/C17H34N2O/c1-15(2)8-10-19(16-6-4-5-7-16)13-17(12-18-3)9-11-20-14-17/h15-16,18H,4-14H2,1-3H3. The Bertz CT molecular complexity index is 268. The minimum absolute atomic E-state index is 0.355. The lowest BCUT2D eigenvalue weighted by Gasteiger charge is -2.38. The average molecular weight is 282 g/mol. The quantitative estimate of drug-likeness (QED) is 0.741. The average Bonchev–Trinajstić information content (AvgIpc) is 3.06. The van der Waals surface area contributed by atoms with E-state index in [9.17, 15) is 0 Å². The van der Waals surface area contributed by atoms with Crippen LogP contribution in [0.3, 0.4) is 0 Å². The van der Waals surface area contributed by atoms with Crippen LogP contribution in [-0.2, 0) is 4.74 Å². The monoisotopic (exact) mass is 282 g/mol. The maximum absolute atomic E-state index is 5.74. The highest BCUT2D eigenvalue weighted by atomic mass is 16.5. The molecule has 0 aromatic rings. The van der Waals surface area contributed by atoms with E-state index in [1.807, 2.05) is 0 Å². The van der Waals surface area contributed by atoms with Crippen LogP contribution in [0.25, 0.3) is 0 Å². The topological polar surface area (TPSA) is 24.5 Å². The number of ether oxygens (including phenoxy) is 1. The summed E-state index contributed by atoms with van der Waals surface area (Å²) in [5, 5.41) is 3.40. The van der Waals surface area contributed by atoms with Crippen LogP contribution in [0.2, 0.25) is 0 Å². The van der Waals surface area contributed by atoms with Crippen LogP contribution in [0.4, 0.5) is 0 Å². The molecule has 1 atom stereocenters. The first-order valence-electron chi connectivity index (χ1n) is 8.62. The van der Waals surface area contributed by atoms with Gasteiger partial charge in [-0.3, -0.25) is 4.90 Å². The van der Waals surface area contributed by atoms with Gasteiger partial charge >= 0.3 is 0 Å². The second-order valence-corrected chi connectivity index (χ2v) is 7.42. The van der Waals surface area contributed by atoms with Crippen LogP contribution < -0.4 is 5.32 Å². The van der Waals surface area contributed by atoms with E-state index in [0.29, 0.717) is 5.41 Å². The number of nitrogens with zero attached hydrogens (tertiary/aromatic N) is 1. The van der Waals surface area contributed by atoms with Gasteiger partial charge in [0.1, 0.15) is 0 Å². The maximum Gasteiger partial charge on any atom is 0.0547 e. The van der Waals surface area contributed by atoms with E-state index >= 15 is 0 Å². The molecule has 0 bridgehead atoms. The molecule has 0 aromatic carbocycles. The molecule has 1 aliphatic carbocycles. The SMILES string of the molecule is CNCC1(CN(CCC(C)C)C2CCCC2)CCOC1. The fraction of sp³-hybridized carbons (Fsp3) is 1.00. The van der Waals surface area contributed by atoms with Crippen molar-refractivity contribution in [3.63, 3.8) is 0 Å². The zero-order valence-electron chi connectivity index (χ0n) is 13.8. The lowest BCUT2D eigenvalue weighted by Crippen LogP contribution is -2.47. The third-order valence-corrected chi connectivity index (χ3v) is 5.11. The molecule has 2 fully saturated rings. The predicted octanol–water partition coefficient (Wildman–Crippen LogP) is 2.90. The number of hydrogen-bond donors (Lipinski definition) is 1. The number of rotatable bonds is 8. The van der Waals surface area contributed by atoms with Gasteiger partial charge in [0.25, 0.3) is 0 Å². The normalized spacial score (nSPS) is 28.1. The molecule has 1 aliphatic heterocycles. The summed E-state index contributed by atoms with van der Waals surface area (Å²) < 4.78 is 5.74. The summed E-state index contributed by atoms with van der Waals surface area (Å²) in [7, 11) is 2.08. The fourth-order valence-electron chi connectivity index (χ4n) is 3.86. The van der Waals surface area contributed by atoms with E-state index < -0.39 is 0 Å². The van der Waals surface area contributed by atoms with Crippen LogP contribution >= 0.6 is 0 Å². The van der Waals surface area contributed by atoms with Crippen molar-refractivity contribution in [1.29, 1.82) is 0 Å². The summed E-state index contributed by atoms with van der Waals surface area (Å²) >= 11 is 0. The molecule has 0 radical (unpaired) electrons. The zero-order chi connectivity index (χ0) is 14.4. The Hall–Kier alpha value is -0.120. The highest BCUT2D eigenvalue weighted by Crippen LogP contribution is 2.33. The Labute approximate surface area is 125 Å². The zero-order valence-corrected chi connectivity index (χ0v) is 13.8. The van der Waals surface area contributed by atoms with Gasteiger partial charge in [0.05, 0.1) is 6.61 Å². The smallest absolute Gasteiger partial charge is 0.0547 e. The number of hydrogen-bond acceptors (Lipinski definition) is 3. The van der Waals surface area contributed by atoms with E-state index in [4.69, 9.17) is 4.74 Å². The molecule has 1 N–H and O–H groups in total. The van der Waals surface area contributed by atoms with Crippen LogP contribution in [0, 0.1) is 11.3 Å². The first-order valence-corrected chi connectivity index (χ1v) is 8.62. The maximum atomic E-state index is 5.74. The van der Waals surface area contributed by atoms with Crippen molar-refractivity contribution in [2.24, 2.45) is 11.3 Å². The van der Waals surface area contributed by atoms with Gasteiger partial charge in [0.15, 0.2) is 0 Å². The third-order valence-electron chi connectivity index (χ3n) is 5.11. The first kappa shape index (κ1) is 16.3. The molecule has 1 heterocycles. The Morgan fingerprint density at radius 2 is 2.05 bits per heavy atom. The van der Waals surface area contributed by atoms with Crippen LogP contribution in [0.1, 0.15) is 52.4 Å². The van der Waals surface area contributed by atoms with Crippen molar-refractivity contribution in [1.82, 2.24) is 10.2 Å². The van der Waals surface area contributed by atoms with Gasteiger partial charge in [-0.05, 0) is 45.2 Å². The molecular formula is C17H34N2O. The molecule has 0 aromatic heterocycles. The van der Waals surface area contributed by atoms with Gasteiger partial charge in [-0.1, -0.05) is 26.7 Å². The minimum Gasteiger partial charge on any atom is -0.381 e. The second-order valence-electron chi connectivity index (χ2n) is 7.42. The van der Waals surface area contributed by atoms with Gasteiger partial charge in [0, 0.05) is 31.2 Å². The summed E-state index contributed by atoms with van der Waals surface area (Å²) in [6.45, 7) is 10.2. The molecule has 2 rings (SSSR count). The van der Waals surface area contributed by atoms with Crippen molar-refractivity contribution >= 4 is 0 Å². The lowest BCUT2D eigenvalue weighted by atomic mass is 9.85. The van der Waals surface area contributed by atoms with Gasteiger partial charge in [-0.15, -0.1) is 0 Å². The minimum atomic E-state index is 0.355. The Kier molecular flexibility index (Phi) is 6.31. The van der Waals surface area contributed by atoms with Crippen molar-refractivity contribution in [2.75, 3.05) is 39.9 Å². The lowest BCUT2D eigenvalue weighted by molar-refractivity contribution is 0.0836. The summed E-state index contributed by atoms with van der Waals surface area (Å²) in [6.07, 6.45) is 8.23.